The minimum absolute atomic E-state index is 0.0179. The van der Waals surface area contributed by atoms with E-state index in [1.165, 1.54) is 0 Å². The van der Waals surface area contributed by atoms with Gasteiger partial charge in [0.25, 0.3) is 0 Å². The Balaban J connectivity index is 1.64. The van der Waals surface area contributed by atoms with E-state index in [1.807, 2.05) is 46.7 Å². The van der Waals surface area contributed by atoms with Crippen LogP contribution in [-0.2, 0) is 16.0 Å². The molecule has 2 saturated carbocycles. The molecule has 0 bridgehead atoms. The first-order valence-corrected chi connectivity index (χ1v) is 11.3. The van der Waals surface area contributed by atoms with Crippen molar-refractivity contribution < 1.29 is 14.3 Å². The van der Waals surface area contributed by atoms with E-state index in [9.17, 15) is 9.59 Å². The number of amides is 2. The molecule has 1 aromatic carbocycles. The molecule has 2 amide bonds. The highest BCUT2D eigenvalue weighted by molar-refractivity contribution is 7.10. The SMILES string of the molecule is COc1cccc(C(C(=O)NC2CCCC2)N(C(=O)Cc2cccs2)C2CC2)c1. The van der Waals surface area contributed by atoms with Crippen LogP contribution in [-0.4, -0.2) is 35.9 Å². The molecule has 1 unspecified atom stereocenters. The highest BCUT2D eigenvalue weighted by Gasteiger charge is 2.41. The predicted octanol–water partition coefficient (Wildman–Crippen LogP) is 4.09. The number of carbonyl (C=O) groups excluding carboxylic acids is 2. The number of thiophene rings is 1. The lowest BCUT2D eigenvalue weighted by Gasteiger charge is -2.32. The van der Waals surface area contributed by atoms with Crippen LogP contribution < -0.4 is 10.1 Å². The van der Waals surface area contributed by atoms with E-state index in [1.54, 1.807) is 18.4 Å². The standard InChI is InChI=1S/C23H28N2O3S/c1-28-19-9-4-6-16(14-19)22(23(27)24-17-7-2-3-8-17)25(18-11-12-18)21(26)15-20-10-5-13-29-20/h4-6,9-10,13-14,17-18,22H,2-3,7-8,11-12,15H2,1H3,(H,24,27). The van der Waals surface area contributed by atoms with Crippen molar-refractivity contribution in [2.45, 2.75) is 63.1 Å². The molecule has 0 aliphatic heterocycles. The van der Waals surface area contributed by atoms with E-state index in [0.717, 1.165) is 49.0 Å². The van der Waals surface area contributed by atoms with Gasteiger partial charge < -0.3 is 15.0 Å². The van der Waals surface area contributed by atoms with Gasteiger partial charge in [-0.2, -0.15) is 0 Å². The molecule has 6 heteroatoms. The fraction of sp³-hybridized carbons (Fsp3) is 0.478. The molecule has 2 fully saturated rings. The lowest BCUT2D eigenvalue weighted by molar-refractivity contribution is -0.141. The van der Waals surface area contributed by atoms with Gasteiger partial charge in [-0.25, -0.2) is 0 Å². The van der Waals surface area contributed by atoms with Crippen LogP contribution in [0.1, 0.15) is 55.0 Å². The third-order valence-corrected chi connectivity index (χ3v) is 6.65. The Kier molecular flexibility index (Phi) is 6.19. The van der Waals surface area contributed by atoms with Crippen LogP contribution >= 0.6 is 11.3 Å². The van der Waals surface area contributed by atoms with Crippen molar-refractivity contribution in [2.75, 3.05) is 7.11 Å². The molecule has 1 N–H and O–H groups in total. The van der Waals surface area contributed by atoms with Gasteiger partial charge in [0.15, 0.2) is 0 Å². The van der Waals surface area contributed by atoms with Crippen molar-refractivity contribution in [2.24, 2.45) is 0 Å². The van der Waals surface area contributed by atoms with E-state index in [0.29, 0.717) is 12.2 Å². The number of nitrogens with zero attached hydrogens (tertiary/aromatic N) is 1. The number of benzene rings is 1. The largest absolute Gasteiger partial charge is 0.497 e. The molecule has 0 radical (unpaired) electrons. The molecule has 2 aliphatic carbocycles. The molecular weight excluding hydrogens is 384 g/mol. The lowest BCUT2D eigenvalue weighted by Crippen LogP contribution is -2.47. The quantitative estimate of drug-likeness (QED) is 0.710. The van der Waals surface area contributed by atoms with Gasteiger partial charge >= 0.3 is 0 Å². The smallest absolute Gasteiger partial charge is 0.247 e. The number of ether oxygens (including phenoxy) is 1. The summed E-state index contributed by atoms with van der Waals surface area (Å²) in [6.07, 6.45) is 6.58. The average Bonchev–Trinajstić information content (AvgIpc) is 3.18. The fourth-order valence-corrected chi connectivity index (χ4v) is 4.86. The van der Waals surface area contributed by atoms with Crippen LogP contribution in [0.15, 0.2) is 41.8 Å². The molecule has 2 aromatic rings. The molecule has 0 spiro atoms. The van der Waals surface area contributed by atoms with Gasteiger partial charge in [0.1, 0.15) is 11.8 Å². The fourth-order valence-electron chi connectivity index (χ4n) is 4.16. The lowest BCUT2D eigenvalue weighted by atomic mass is 10.0. The molecular formula is C23H28N2O3S. The summed E-state index contributed by atoms with van der Waals surface area (Å²) in [5, 5.41) is 5.20. The summed E-state index contributed by atoms with van der Waals surface area (Å²) in [5.74, 6) is 0.642. The number of hydrogen-bond donors (Lipinski definition) is 1. The summed E-state index contributed by atoms with van der Waals surface area (Å²) in [5.41, 5.74) is 0.811. The van der Waals surface area contributed by atoms with Crippen molar-refractivity contribution in [1.82, 2.24) is 10.2 Å². The minimum Gasteiger partial charge on any atom is -0.497 e. The van der Waals surface area contributed by atoms with E-state index >= 15 is 0 Å². The first kappa shape index (κ1) is 20.0. The second-order valence-corrected chi connectivity index (χ2v) is 8.99. The van der Waals surface area contributed by atoms with Gasteiger partial charge in [-0.3, -0.25) is 9.59 Å². The molecule has 29 heavy (non-hydrogen) atoms. The molecule has 0 saturated heterocycles. The van der Waals surface area contributed by atoms with E-state index < -0.39 is 6.04 Å². The third-order valence-electron chi connectivity index (χ3n) is 5.77. The maximum Gasteiger partial charge on any atom is 0.247 e. The highest BCUT2D eigenvalue weighted by Crippen LogP contribution is 2.37. The molecule has 1 heterocycles. The molecule has 1 atom stereocenters. The van der Waals surface area contributed by atoms with E-state index in [2.05, 4.69) is 5.32 Å². The second-order valence-electron chi connectivity index (χ2n) is 7.96. The van der Waals surface area contributed by atoms with Gasteiger partial charge in [0.05, 0.1) is 13.5 Å². The van der Waals surface area contributed by atoms with E-state index in [-0.39, 0.29) is 23.9 Å². The van der Waals surface area contributed by atoms with Crippen LogP contribution in [0.5, 0.6) is 5.75 Å². The van der Waals surface area contributed by atoms with Crippen molar-refractivity contribution >= 4 is 23.2 Å². The normalized spacial score (nSPS) is 17.7. The summed E-state index contributed by atoms with van der Waals surface area (Å²) in [4.78, 5) is 29.6. The van der Waals surface area contributed by atoms with Crippen LogP contribution in [0.3, 0.4) is 0 Å². The van der Waals surface area contributed by atoms with Crippen molar-refractivity contribution in [3.8, 4) is 5.75 Å². The number of hydrogen-bond acceptors (Lipinski definition) is 4. The predicted molar refractivity (Wildman–Crippen MR) is 114 cm³/mol. The third kappa shape index (κ3) is 4.81. The van der Waals surface area contributed by atoms with Gasteiger partial charge in [-0.1, -0.05) is 31.0 Å². The summed E-state index contributed by atoms with van der Waals surface area (Å²) in [6, 6.07) is 11.2. The Bertz CT molecular complexity index is 842. The Labute approximate surface area is 176 Å². The zero-order valence-corrected chi connectivity index (χ0v) is 17.6. The highest BCUT2D eigenvalue weighted by atomic mass is 32.1. The zero-order valence-electron chi connectivity index (χ0n) is 16.8. The average molecular weight is 413 g/mol. The van der Waals surface area contributed by atoms with Crippen molar-refractivity contribution in [3.05, 3.63) is 52.2 Å². The number of nitrogens with one attached hydrogen (secondary N) is 1. The van der Waals surface area contributed by atoms with Crippen molar-refractivity contribution in [1.29, 1.82) is 0 Å². The van der Waals surface area contributed by atoms with Gasteiger partial charge in [-0.05, 0) is 54.8 Å². The Morgan fingerprint density at radius 1 is 1.17 bits per heavy atom. The molecule has 4 rings (SSSR count). The second kappa shape index (κ2) is 8.99. The minimum atomic E-state index is -0.620. The number of methoxy groups -OCH3 is 1. The van der Waals surface area contributed by atoms with Gasteiger partial charge in [-0.15, -0.1) is 11.3 Å². The Hall–Kier alpha value is -2.34. The van der Waals surface area contributed by atoms with Crippen LogP contribution in [0.4, 0.5) is 0 Å². The van der Waals surface area contributed by atoms with Crippen LogP contribution in [0, 0.1) is 0 Å². The molecule has 5 nitrogen and oxygen atoms in total. The van der Waals surface area contributed by atoms with Crippen LogP contribution in [0.25, 0.3) is 0 Å². The summed E-state index contributed by atoms with van der Waals surface area (Å²) in [6.45, 7) is 0. The first-order chi connectivity index (χ1) is 14.2. The number of rotatable bonds is 8. The molecule has 1 aromatic heterocycles. The molecule has 2 aliphatic rings. The Morgan fingerprint density at radius 2 is 1.97 bits per heavy atom. The Morgan fingerprint density at radius 3 is 2.62 bits per heavy atom. The van der Waals surface area contributed by atoms with Crippen molar-refractivity contribution in [3.63, 3.8) is 0 Å². The number of carbonyl (C=O) groups is 2. The summed E-state index contributed by atoms with van der Waals surface area (Å²) < 4.78 is 5.39. The van der Waals surface area contributed by atoms with Gasteiger partial charge in [0, 0.05) is 17.0 Å². The topological polar surface area (TPSA) is 58.6 Å². The van der Waals surface area contributed by atoms with Gasteiger partial charge in [0.2, 0.25) is 11.8 Å². The molecule has 154 valence electrons. The van der Waals surface area contributed by atoms with Crippen LogP contribution in [0.2, 0.25) is 0 Å². The maximum absolute atomic E-state index is 13.4. The maximum atomic E-state index is 13.4. The summed E-state index contributed by atoms with van der Waals surface area (Å²) in [7, 11) is 1.62. The summed E-state index contributed by atoms with van der Waals surface area (Å²) >= 11 is 1.58. The zero-order chi connectivity index (χ0) is 20.2. The first-order valence-electron chi connectivity index (χ1n) is 10.4. The van der Waals surface area contributed by atoms with E-state index in [4.69, 9.17) is 4.74 Å². The monoisotopic (exact) mass is 412 g/mol.